The summed E-state index contributed by atoms with van der Waals surface area (Å²) in [6.07, 6.45) is 10.5. The molecule has 6 rings (SSSR count). The van der Waals surface area contributed by atoms with Crippen molar-refractivity contribution in [3.8, 4) is 5.69 Å². The number of nitrogens with zero attached hydrogens (tertiary/aromatic N) is 6. The van der Waals surface area contributed by atoms with Crippen LogP contribution in [0.15, 0.2) is 54.7 Å². The fourth-order valence-corrected chi connectivity index (χ4v) is 6.55. The van der Waals surface area contributed by atoms with Crippen LogP contribution in [0.4, 0.5) is 0 Å². The summed E-state index contributed by atoms with van der Waals surface area (Å²) in [6, 6.07) is 16.4. The van der Waals surface area contributed by atoms with E-state index in [0.717, 1.165) is 66.5 Å². The fraction of sp³-hybridized carbons (Fsp3) is 0.452. The van der Waals surface area contributed by atoms with E-state index < -0.39 is 0 Å². The van der Waals surface area contributed by atoms with Crippen molar-refractivity contribution in [3.05, 3.63) is 76.8 Å². The Bertz CT molecular complexity index is 1440. The van der Waals surface area contributed by atoms with Crippen LogP contribution in [-0.2, 0) is 13.0 Å². The average molecular weight is 545 g/mol. The van der Waals surface area contributed by atoms with E-state index in [-0.39, 0.29) is 5.91 Å². The van der Waals surface area contributed by atoms with Gasteiger partial charge in [0.1, 0.15) is 5.82 Å². The van der Waals surface area contributed by atoms with Crippen molar-refractivity contribution in [2.75, 3.05) is 26.2 Å². The van der Waals surface area contributed by atoms with Crippen molar-refractivity contribution in [2.45, 2.75) is 64.5 Å². The summed E-state index contributed by atoms with van der Waals surface area (Å²) < 4.78 is 4.14. The lowest BCUT2D eigenvalue weighted by Crippen LogP contribution is -2.51. The molecule has 0 bridgehead atoms. The Kier molecular flexibility index (Phi) is 7.71. The van der Waals surface area contributed by atoms with E-state index >= 15 is 0 Å². The number of hydrogen-bond donors (Lipinski definition) is 0. The molecule has 4 aromatic rings. The molecule has 0 atom stereocenters. The minimum atomic E-state index is 0.115. The zero-order chi connectivity index (χ0) is 26.8. The number of aryl methyl sites for hydroxylation is 1. The second-order valence-corrected chi connectivity index (χ2v) is 11.3. The molecule has 1 aliphatic carbocycles. The first-order chi connectivity index (χ1) is 19.1. The number of hydrogen-bond acceptors (Lipinski definition) is 4. The molecule has 39 heavy (non-hydrogen) atoms. The van der Waals surface area contributed by atoms with Gasteiger partial charge in [0.05, 0.1) is 22.4 Å². The third-order valence-corrected chi connectivity index (χ3v) is 8.68. The Morgan fingerprint density at radius 2 is 1.77 bits per heavy atom. The van der Waals surface area contributed by atoms with Gasteiger partial charge in [-0.25, -0.2) is 9.67 Å². The van der Waals surface area contributed by atoms with Crippen LogP contribution in [0.2, 0.25) is 5.02 Å². The van der Waals surface area contributed by atoms with E-state index in [0.29, 0.717) is 17.5 Å². The molecule has 1 aliphatic heterocycles. The maximum Gasteiger partial charge on any atom is 0.254 e. The highest BCUT2D eigenvalue weighted by Crippen LogP contribution is 2.25. The normalized spacial score (nSPS) is 17.5. The quantitative estimate of drug-likeness (QED) is 0.281. The number of halogens is 1. The van der Waals surface area contributed by atoms with Gasteiger partial charge in [0.2, 0.25) is 0 Å². The number of carbonyl (C=O) groups excluding carboxylic acids is 1. The second-order valence-electron chi connectivity index (χ2n) is 10.8. The van der Waals surface area contributed by atoms with Gasteiger partial charge in [0.15, 0.2) is 0 Å². The van der Waals surface area contributed by atoms with Crippen molar-refractivity contribution in [2.24, 2.45) is 0 Å². The summed E-state index contributed by atoms with van der Waals surface area (Å²) in [5.41, 5.74) is 4.60. The van der Waals surface area contributed by atoms with Gasteiger partial charge < -0.3 is 9.47 Å². The molecule has 7 nitrogen and oxygen atoms in total. The van der Waals surface area contributed by atoms with Crippen molar-refractivity contribution in [1.29, 1.82) is 0 Å². The van der Waals surface area contributed by atoms with Crippen LogP contribution in [0.1, 0.15) is 67.3 Å². The van der Waals surface area contributed by atoms with Crippen LogP contribution in [-0.4, -0.2) is 67.3 Å². The summed E-state index contributed by atoms with van der Waals surface area (Å²) in [6.45, 7) is 6.49. The van der Waals surface area contributed by atoms with Crippen LogP contribution >= 0.6 is 11.6 Å². The summed E-state index contributed by atoms with van der Waals surface area (Å²) in [4.78, 5) is 23.1. The molecule has 1 amide bonds. The summed E-state index contributed by atoms with van der Waals surface area (Å²) in [5.74, 6) is 1.07. The molecule has 0 radical (unpaired) electrons. The molecule has 0 N–H and O–H groups in total. The number of rotatable bonds is 6. The van der Waals surface area contributed by atoms with Gasteiger partial charge >= 0.3 is 0 Å². The van der Waals surface area contributed by atoms with Crippen molar-refractivity contribution < 1.29 is 4.79 Å². The minimum absolute atomic E-state index is 0.115. The van der Waals surface area contributed by atoms with E-state index in [1.54, 1.807) is 0 Å². The van der Waals surface area contributed by atoms with Gasteiger partial charge in [-0.3, -0.25) is 9.69 Å². The lowest BCUT2D eigenvalue weighted by Gasteiger charge is -2.39. The minimum Gasteiger partial charge on any atom is -0.336 e. The Hall–Kier alpha value is -3.16. The van der Waals surface area contributed by atoms with Gasteiger partial charge in [-0.15, -0.1) is 0 Å². The summed E-state index contributed by atoms with van der Waals surface area (Å²) in [7, 11) is 0. The molecule has 0 spiro atoms. The third kappa shape index (κ3) is 5.48. The lowest BCUT2D eigenvalue weighted by atomic mass is 10.1. The van der Waals surface area contributed by atoms with Gasteiger partial charge in [-0.1, -0.05) is 43.4 Å². The maximum atomic E-state index is 13.5. The van der Waals surface area contributed by atoms with E-state index in [1.807, 2.05) is 58.2 Å². The highest BCUT2D eigenvalue weighted by molar-refractivity contribution is 6.30. The standard InChI is InChI=1S/C31H37ClN6O/c1-2-37-29-13-12-23(31(39)36-18-16-35(17-19-36)25-9-5-3-4-6-10-25)20-28(29)34-30(37)22-27-14-15-33-38(27)26-11-7-8-24(32)21-26/h7-8,11-15,20-21,25H,2-6,9-10,16-19,22H2,1H3. The smallest absolute Gasteiger partial charge is 0.254 e. The number of aromatic nitrogens is 4. The number of imidazole rings is 1. The highest BCUT2D eigenvalue weighted by atomic mass is 35.5. The molecular formula is C31H37ClN6O. The highest BCUT2D eigenvalue weighted by Gasteiger charge is 2.27. The van der Waals surface area contributed by atoms with Gasteiger partial charge in [0.25, 0.3) is 5.91 Å². The first-order valence-electron chi connectivity index (χ1n) is 14.4. The third-order valence-electron chi connectivity index (χ3n) is 8.45. The van der Waals surface area contributed by atoms with Crippen LogP contribution in [0.3, 0.4) is 0 Å². The van der Waals surface area contributed by atoms with Crippen molar-refractivity contribution in [1.82, 2.24) is 29.1 Å². The summed E-state index contributed by atoms with van der Waals surface area (Å²) >= 11 is 6.23. The zero-order valence-corrected chi connectivity index (χ0v) is 23.5. The number of benzene rings is 2. The van der Waals surface area contributed by atoms with E-state index in [9.17, 15) is 4.79 Å². The van der Waals surface area contributed by atoms with Crippen molar-refractivity contribution >= 4 is 28.5 Å². The molecule has 3 heterocycles. The molecule has 1 saturated carbocycles. The van der Waals surface area contributed by atoms with Crippen molar-refractivity contribution in [3.63, 3.8) is 0 Å². The molecule has 2 aromatic carbocycles. The SMILES string of the molecule is CCn1c(Cc2ccnn2-c2cccc(Cl)c2)nc2cc(C(=O)N3CCN(C4CCCCCC4)CC3)ccc21. The van der Waals surface area contributed by atoms with E-state index in [1.165, 1.54) is 38.5 Å². The molecular weight excluding hydrogens is 508 g/mol. The molecule has 0 unspecified atom stereocenters. The maximum absolute atomic E-state index is 13.5. The van der Waals surface area contributed by atoms with Crippen LogP contribution in [0.5, 0.6) is 0 Å². The van der Waals surface area contributed by atoms with Gasteiger partial charge in [-0.2, -0.15) is 5.10 Å². The average Bonchev–Trinajstić information content (AvgIpc) is 3.46. The molecule has 204 valence electrons. The monoisotopic (exact) mass is 544 g/mol. The van der Waals surface area contributed by atoms with Gasteiger partial charge in [-0.05, 0) is 62.2 Å². The zero-order valence-electron chi connectivity index (χ0n) is 22.7. The van der Waals surface area contributed by atoms with E-state index in [2.05, 4.69) is 27.6 Å². The molecule has 2 aromatic heterocycles. The molecule has 8 heteroatoms. The Morgan fingerprint density at radius 3 is 2.51 bits per heavy atom. The topological polar surface area (TPSA) is 59.2 Å². The number of carbonyl (C=O) groups is 1. The molecule has 2 aliphatic rings. The predicted molar refractivity (Wildman–Crippen MR) is 156 cm³/mol. The van der Waals surface area contributed by atoms with Crippen LogP contribution in [0.25, 0.3) is 16.7 Å². The molecule has 2 fully saturated rings. The number of amides is 1. The first kappa shape index (κ1) is 26.1. The summed E-state index contributed by atoms with van der Waals surface area (Å²) in [5, 5.41) is 5.21. The second kappa shape index (κ2) is 11.5. The Labute approximate surface area is 235 Å². The Morgan fingerprint density at radius 1 is 0.974 bits per heavy atom. The predicted octanol–water partition coefficient (Wildman–Crippen LogP) is 5.97. The fourth-order valence-electron chi connectivity index (χ4n) is 6.36. The van der Waals surface area contributed by atoms with E-state index in [4.69, 9.17) is 16.6 Å². The first-order valence-corrected chi connectivity index (χ1v) is 14.8. The van der Waals surface area contributed by atoms with Crippen LogP contribution in [0, 0.1) is 0 Å². The largest absolute Gasteiger partial charge is 0.336 e. The Balaban J connectivity index is 1.19. The number of fused-ring (bicyclic) bond motifs is 1. The number of piperazine rings is 1. The van der Waals surface area contributed by atoms with Gasteiger partial charge in [0, 0.05) is 62.0 Å². The lowest BCUT2D eigenvalue weighted by molar-refractivity contribution is 0.0551. The molecule has 1 saturated heterocycles. The van der Waals surface area contributed by atoms with Crippen LogP contribution < -0.4 is 0 Å².